The van der Waals surface area contributed by atoms with Gasteiger partial charge in [0.2, 0.25) is 0 Å². The minimum absolute atomic E-state index is 0.186. The van der Waals surface area contributed by atoms with Crippen molar-refractivity contribution in [2.75, 3.05) is 11.4 Å². The van der Waals surface area contributed by atoms with Gasteiger partial charge >= 0.3 is 0 Å². The average molecular weight is 285 g/mol. The summed E-state index contributed by atoms with van der Waals surface area (Å²) in [7, 11) is 0. The molecule has 1 aromatic heterocycles. The van der Waals surface area contributed by atoms with Gasteiger partial charge in [0.1, 0.15) is 5.02 Å². The highest BCUT2D eigenvalue weighted by molar-refractivity contribution is 6.32. The van der Waals surface area contributed by atoms with Crippen LogP contribution < -0.4 is 16.2 Å². The molecule has 19 heavy (non-hydrogen) atoms. The summed E-state index contributed by atoms with van der Waals surface area (Å²) < 4.78 is 0. The van der Waals surface area contributed by atoms with E-state index < -0.39 is 0 Å². The molecule has 0 saturated heterocycles. The number of aromatic amines is 1. The molecule has 0 aromatic carbocycles. The lowest BCUT2D eigenvalue weighted by atomic mass is 9.90. The number of H-pyrrole nitrogens is 1. The van der Waals surface area contributed by atoms with Crippen molar-refractivity contribution < 1.29 is 0 Å². The second kappa shape index (κ2) is 6.39. The Hall–Kier alpha value is -1.07. The van der Waals surface area contributed by atoms with Crippen molar-refractivity contribution in [3.05, 3.63) is 21.7 Å². The van der Waals surface area contributed by atoms with Gasteiger partial charge in [0.25, 0.3) is 5.56 Å². The first-order valence-electron chi connectivity index (χ1n) is 6.89. The molecule has 0 amide bonds. The van der Waals surface area contributed by atoms with Crippen LogP contribution in [0.1, 0.15) is 39.0 Å². The maximum absolute atomic E-state index is 11.6. The van der Waals surface area contributed by atoms with Crippen molar-refractivity contribution in [3.8, 4) is 0 Å². The third-order valence-electron chi connectivity index (χ3n) is 3.70. The summed E-state index contributed by atoms with van der Waals surface area (Å²) in [5, 5.41) is 0.186. The molecule has 106 valence electrons. The highest BCUT2D eigenvalue weighted by atomic mass is 35.5. The number of rotatable bonds is 4. The van der Waals surface area contributed by atoms with Gasteiger partial charge in [-0.15, -0.1) is 0 Å². The monoisotopic (exact) mass is 284 g/mol. The summed E-state index contributed by atoms with van der Waals surface area (Å²) in [5.74, 6) is 0.604. The Morgan fingerprint density at radius 1 is 1.47 bits per heavy atom. The quantitative estimate of drug-likeness (QED) is 0.886. The molecule has 1 aromatic rings. The zero-order chi connectivity index (χ0) is 13.8. The molecule has 0 aliphatic heterocycles. The number of aromatic nitrogens is 2. The van der Waals surface area contributed by atoms with Crippen molar-refractivity contribution in [1.82, 2.24) is 9.97 Å². The van der Waals surface area contributed by atoms with Crippen LogP contribution >= 0.6 is 11.6 Å². The molecule has 0 bridgehead atoms. The molecule has 3 N–H and O–H groups in total. The summed E-state index contributed by atoms with van der Waals surface area (Å²) in [6, 6.07) is 0.689. The number of anilines is 1. The smallest absolute Gasteiger partial charge is 0.271 e. The minimum Gasteiger partial charge on any atom is -0.352 e. The molecule has 5 nitrogen and oxygen atoms in total. The van der Waals surface area contributed by atoms with Crippen molar-refractivity contribution in [2.24, 2.45) is 5.73 Å². The van der Waals surface area contributed by atoms with Crippen LogP contribution in [0, 0.1) is 0 Å². The molecular weight excluding hydrogens is 264 g/mol. The zero-order valence-electron chi connectivity index (χ0n) is 11.2. The number of hydrogen-bond acceptors (Lipinski definition) is 4. The fraction of sp³-hybridized carbons (Fsp3) is 0.692. The molecule has 0 unspecified atom stereocenters. The molecule has 0 radical (unpaired) electrons. The van der Waals surface area contributed by atoms with Gasteiger partial charge in [-0.25, -0.2) is 4.98 Å². The van der Waals surface area contributed by atoms with Crippen LogP contribution in [0.15, 0.2) is 11.1 Å². The number of nitrogens with two attached hydrogens (primary N) is 1. The Bertz CT molecular complexity index is 468. The van der Waals surface area contributed by atoms with Crippen LogP contribution in [0.3, 0.4) is 0 Å². The molecule has 1 aliphatic rings. The number of hydrogen-bond donors (Lipinski definition) is 2. The van der Waals surface area contributed by atoms with E-state index in [0.717, 1.165) is 38.6 Å². The van der Waals surface area contributed by atoms with Crippen LogP contribution in [0.5, 0.6) is 0 Å². The van der Waals surface area contributed by atoms with E-state index >= 15 is 0 Å². The van der Waals surface area contributed by atoms with Gasteiger partial charge in [-0.3, -0.25) is 4.79 Å². The van der Waals surface area contributed by atoms with Gasteiger partial charge in [-0.1, -0.05) is 18.5 Å². The fourth-order valence-electron chi connectivity index (χ4n) is 2.69. The van der Waals surface area contributed by atoms with E-state index in [1.807, 2.05) is 0 Å². The molecule has 0 atom stereocenters. The number of nitrogens with zero attached hydrogens (tertiary/aromatic N) is 2. The Morgan fingerprint density at radius 3 is 2.79 bits per heavy atom. The molecule has 1 heterocycles. The first-order chi connectivity index (χ1) is 9.13. The van der Waals surface area contributed by atoms with E-state index in [2.05, 4.69) is 21.8 Å². The highest BCUT2D eigenvalue weighted by Gasteiger charge is 2.26. The topological polar surface area (TPSA) is 75.0 Å². The summed E-state index contributed by atoms with van der Waals surface area (Å²) in [6.45, 7) is 2.97. The molecule has 1 aliphatic carbocycles. The van der Waals surface area contributed by atoms with Crippen LogP contribution in [0.4, 0.5) is 5.82 Å². The number of halogens is 1. The van der Waals surface area contributed by atoms with E-state index in [1.165, 1.54) is 6.33 Å². The van der Waals surface area contributed by atoms with Gasteiger partial charge in [0, 0.05) is 18.6 Å². The molecule has 1 fully saturated rings. The van der Waals surface area contributed by atoms with E-state index in [9.17, 15) is 4.79 Å². The highest BCUT2D eigenvalue weighted by Crippen LogP contribution is 2.28. The maximum atomic E-state index is 11.6. The Morgan fingerprint density at radius 2 is 2.16 bits per heavy atom. The van der Waals surface area contributed by atoms with Crippen LogP contribution in [0.25, 0.3) is 0 Å². The lowest BCUT2D eigenvalue weighted by Gasteiger charge is -2.37. The molecule has 6 heteroatoms. The second-order valence-electron chi connectivity index (χ2n) is 5.13. The Labute approximate surface area is 118 Å². The van der Waals surface area contributed by atoms with E-state index in [1.54, 1.807) is 0 Å². The van der Waals surface area contributed by atoms with Crippen LogP contribution in [0.2, 0.25) is 5.02 Å². The number of nitrogens with one attached hydrogen (secondary N) is 1. The summed E-state index contributed by atoms with van der Waals surface area (Å²) >= 11 is 6.10. The fourth-order valence-corrected chi connectivity index (χ4v) is 2.90. The van der Waals surface area contributed by atoms with Crippen molar-refractivity contribution in [3.63, 3.8) is 0 Å². The first-order valence-corrected chi connectivity index (χ1v) is 7.26. The summed E-state index contributed by atoms with van der Waals surface area (Å²) in [5.41, 5.74) is 5.67. The predicted molar refractivity (Wildman–Crippen MR) is 77.7 cm³/mol. The first kappa shape index (κ1) is 14.3. The third-order valence-corrected chi connectivity index (χ3v) is 4.04. The largest absolute Gasteiger partial charge is 0.352 e. The van der Waals surface area contributed by atoms with Gasteiger partial charge in [0.05, 0.1) is 6.33 Å². The minimum atomic E-state index is -0.278. The molecular formula is C13H21ClN4O. The van der Waals surface area contributed by atoms with E-state index in [-0.39, 0.29) is 10.6 Å². The normalized spacial score (nSPS) is 23.3. The SMILES string of the molecule is CCCN(c1nc[nH]c(=O)c1Cl)C1CCC(N)CC1. The van der Waals surface area contributed by atoms with Gasteiger partial charge in [0.15, 0.2) is 5.82 Å². The van der Waals surface area contributed by atoms with Crippen LogP contribution in [-0.4, -0.2) is 28.6 Å². The van der Waals surface area contributed by atoms with Gasteiger partial charge in [-0.05, 0) is 32.1 Å². The predicted octanol–water partition coefficient (Wildman–Crippen LogP) is 1.91. The summed E-state index contributed by atoms with van der Waals surface area (Å²) in [4.78, 5) is 20.5. The molecule has 1 saturated carbocycles. The van der Waals surface area contributed by atoms with Crippen molar-refractivity contribution in [1.29, 1.82) is 0 Å². The lowest BCUT2D eigenvalue weighted by Crippen LogP contribution is -2.42. The molecule has 0 spiro atoms. The third kappa shape index (κ3) is 3.28. The van der Waals surface area contributed by atoms with Crippen LogP contribution in [-0.2, 0) is 0 Å². The Kier molecular flexibility index (Phi) is 4.82. The Balaban J connectivity index is 2.24. The summed E-state index contributed by atoms with van der Waals surface area (Å²) in [6.07, 6.45) is 6.52. The zero-order valence-corrected chi connectivity index (χ0v) is 12.0. The standard InChI is InChI=1S/C13H21ClN4O/c1-2-7-18(10-5-3-9(15)4-6-10)12-11(14)13(19)17-8-16-12/h8-10H,2-7,15H2,1H3,(H,16,17,19). The average Bonchev–Trinajstić information content (AvgIpc) is 2.41. The van der Waals surface area contributed by atoms with Gasteiger partial charge in [-0.2, -0.15) is 0 Å². The van der Waals surface area contributed by atoms with Gasteiger partial charge < -0.3 is 15.6 Å². The van der Waals surface area contributed by atoms with E-state index in [0.29, 0.717) is 17.9 Å². The lowest BCUT2D eigenvalue weighted by molar-refractivity contribution is 0.374. The van der Waals surface area contributed by atoms with Crippen molar-refractivity contribution >= 4 is 17.4 Å². The second-order valence-corrected chi connectivity index (χ2v) is 5.51. The maximum Gasteiger partial charge on any atom is 0.271 e. The molecule has 2 rings (SSSR count). The van der Waals surface area contributed by atoms with Crippen molar-refractivity contribution in [2.45, 2.75) is 51.1 Å². The van der Waals surface area contributed by atoms with E-state index in [4.69, 9.17) is 17.3 Å².